The summed E-state index contributed by atoms with van der Waals surface area (Å²) < 4.78 is 10.2. The predicted octanol–water partition coefficient (Wildman–Crippen LogP) is 2.61. The van der Waals surface area contributed by atoms with Crippen molar-refractivity contribution in [3.63, 3.8) is 0 Å². The molecule has 1 aromatic carbocycles. The molecule has 0 unspecified atom stereocenters. The Morgan fingerprint density at radius 3 is 2.61 bits per heavy atom. The lowest BCUT2D eigenvalue weighted by Crippen LogP contribution is -2.42. The van der Waals surface area contributed by atoms with Gasteiger partial charge in [-0.05, 0) is 62.3 Å². The number of aryl methyl sites for hydroxylation is 2. The Morgan fingerprint density at radius 1 is 1.11 bits per heavy atom. The molecule has 0 spiro atoms. The highest BCUT2D eigenvalue weighted by Crippen LogP contribution is 2.27. The number of esters is 2. The summed E-state index contributed by atoms with van der Waals surface area (Å²) in [5.74, 6) is -0.741. The largest absolute Gasteiger partial charge is 0.466 e. The van der Waals surface area contributed by atoms with Gasteiger partial charge in [0.2, 0.25) is 0 Å². The number of hydrogen-bond donors (Lipinski definition) is 0. The summed E-state index contributed by atoms with van der Waals surface area (Å²) in [6.45, 7) is 2.89. The average molecular weight is 406 g/mol. The maximum absolute atomic E-state index is 12.2. The van der Waals surface area contributed by atoms with E-state index in [1.807, 2.05) is 6.07 Å². The quantitative estimate of drug-likeness (QED) is 0.513. The lowest BCUT2D eigenvalue weighted by atomic mass is 9.97. The van der Waals surface area contributed by atoms with Crippen molar-refractivity contribution in [2.45, 2.75) is 43.9 Å². The van der Waals surface area contributed by atoms with Gasteiger partial charge in [-0.3, -0.25) is 14.4 Å². The number of amides is 1. The number of carbonyl (C=O) groups excluding carboxylic acids is 3. The van der Waals surface area contributed by atoms with E-state index in [0.717, 1.165) is 17.7 Å². The van der Waals surface area contributed by atoms with Crippen molar-refractivity contribution in [3.8, 4) is 0 Å². The van der Waals surface area contributed by atoms with Crippen LogP contribution in [-0.2, 0) is 36.7 Å². The molecule has 28 heavy (non-hydrogen) atoms. The smallest absolute Gasteiger partial charge is 0.316 e. The van der Waals surface area contributed by atoms with Crippen LogP contribution in [0, 0.1) is 5.92 Å². The second-order valence-electron chi connectivity index (χ2n) is 7.14. The third-order valence-electron chi connectivity index (χ3n) is 5.25. The second-order valence-corrected chi connectivity index (χ2v) is 8.19. The van der Waals surface area contributed by atoms with Gasteiger partial charge in [0.25, 0.3) is 5.91 Å². The fourth-order valence-corrected chi connectivity index (χ4v) is 4.44. The lowest BCUT2D eigenvalue weighted by Gasteiger charge is -2.30. The molecule has 1 aliphatic carbocycles. The minimum Gasteiger partial charge on any atom is -0.466 e. The molecule has 1 amide bonds. The second kappa shape index (κ2) is 9.96. The van der Waals surface area contributed by atoms with Crippen LogP contribution >= 0.6 is 11.8 Å². The highest BCUT2D eigenvalue weighted by atomic mass is 32.2. The van der Waals surface area contributed by atoms with Gasteiger partial charge in [-0.15, -0.1) is 11.8 Å². The van der Waals surface area contributed by atoms with Crippen LogP contribution in [-0.4, -0.2) is 54.8 Å². The van der Waals surface area contributed by atoms with Crippen LogP contribution in [0.3, 0.4) is 0 Å². The first-order valence-corrected chi connectivity index (χ1v) is 10.9. The molecule has 2 aliphatic rings. The van der Waals surface area contributed by atoms with Gasteiger partial charge >= 0.3 is 11.9 Å². The van der Waals surface area contributed by atoms with E-state index in [1.165, 1.54) is 29.3 Å². The molecule has 3 rings (SSSR count). The molecule has 1 aliphatic heterocycles. The Bertz CT molecular complexity index is 728. The topological polar surface area (TPSA) is 72.9 Å². The number of nitrogens with zero attached hydrogens (tertiary/aromatic N) is 1. The van der Waals surface area contributed by atoms with E-state index < -0.39 is 0 Å². The summed E-state index contributed by atoms with van der Waals surface area (Å²) in [6.07, 6.45) is 4.63. The van der Waals surface area contributed by atoms with Crippen molar-refractivity contribution in [1.29, 1.82) is 0 Å². The van der Waals surface area contributed by atoms with E-state index in [0.29, 0.717) is 32.5 Å². The molecule has 152 valence electrons. The fraction of sp³-hybridized carbons (Fsp3) is 0.571. The van der Waals surface area contributed by atoms with Gasteiger partial charge in [0.15, 0.2) is 6.61 Å². The summed E-state index contributed by atoms with van der Waals surface area (Å²) in [6, 6.07) is 6.33. The van der Waals surface area contributed by atoms with E-state index >= 15 is 0 Å². The van der Waals surface area contributed by atoms with Crippen LogP contribution in [0.5, 0.6) is 0 Å². The van der Waals surface area contributed by atoms with Crippen LogP contribution in [0.15, 0.2) is 23.1 Å². The molecular weight excluding hydrogens is 378 g/mol. The first-order chi connectivity index (χ1) is 13.6. The number of rotatable bonds is 7. The molecule has 1 heterocycles. The van der Waals surface area contributed by atoms with Crippen LogP contribution in [0.25, 0.3) is 0 Å². The van der Waals surface area contributed by atoms with E-state index in [2.05, 4.69) is 12.1 Å². The molecule has 0 atom stereocenters. The molecule has 0 bridgehead atoms. The van der Waals surface area contributed by atoms with Gasteiger partial charge in [-0.25, -0.2) is 0 Å². The number of carbonyl (C=O) groups is 3. The normalized spacial score (nSPS) is 16.5. The molecule has 0 radical (unpaired) electrons. The number of ether oxygens (including phenoxy) is 2. The molecule has 0 saturated carbocycles. The van der Waals surface area contributed by atoms with Gasteiger partial charge in [0.05, 0.1) is 18.3 Å². The van der Waals surface area contributed by atoms with Gasteiger partial charge in [0, 0.05) is 18.0 Å². The van der Waals surface area contributed by atoms with Gasteiger partial charge < -0.3 is 14.4 Å². The molecule has 1 fully saturated rings. The van der Waals surface area contributed by atoms with Crippen LogP contribution in [0.2, 0.25) is 0 Å². The average Bonchev–Trinajstić information content (AvgIpc) is 3.18. The van der Waals surface area contributed by atoms with Crippen molar-refractivity contribution in [2.24, 2.45) is 5.92 Å². The number of benzene rings is 1. The Balaban J connectivity index is 1.35. The van der Waals surface area contributed by atoms with Crippen LogP contribution < -0.4 is 0 Å². The number of likely N-dealkylation sites (tertiary alicyclic amines) is 1. The van der Waals surface area contributed by atoms with Crippen molar-refractivity contribution in [3.05, 3.63) is 29.3 Å². The zero-order chi connectivity index (χ0) is 19.9. The van der Waals surface area contributed by atoms with Gasteiger partial charge in [-0.2, -0.15) is 0 Å². The monoisotopic (exact) mass is 405 g/mol. The number of piperidine rings is 1. The molecular formula is C21H27NO5S. The minimum absolute atomic E-state index is 0.143. The summed E-state index contributed by atoms with van der Waals surface area (Å²) in [4.78, 5) is 38.7. The van der Waals surface area contributed by atoms with Crippen molar-refractivity contribution in [1.82, 2.24) is 4.90 Å². The van der Waals surface area contributed by atoms with Crippen molar-refractivity contribution < 1.29 is 23.9 Å². The summed E-state index contributed by atoms with van der Waals surface area (Å²) in [5.41, 5.74) is 2.78. The highest BCUT2D eigenvalue weighted by Gasteiger charge is 2.28. The first kappa shape index (κ1) is 20.7. The van der Waals surface area contributed by atoms with E-state index in [1.54, 1.807) is 11.8 Å². The standard InChI is InChI=1S/C21H27NO5S/c1-2-26-21(25)16-8-10-22(11-9-16)19(23)13-27-20(24)14-28-18-7-6-15-4-3-5-17(15)12-18/h6-7,12,16H,2-5,8-11,13-14H2,1H3. The van der Waals surface area contributed by atoms with E-state index in [4.69, 9.17) is 9.47 Å². The molecule has 1 aromatic rings. The fourth-order valence-electron chi connectivity index (χ4n) is 3.68. The third-order valence-corrected chi connectivity index (χ3v) is 6.22. The number of fused-ring (bicyclic) bond motifs is 1. The Labute approximate surface area is 169 Å². The maximum atomic E-state index is 12.2. The molecule has 0 aromatic heterocycles. The van der Waals surface area contributed by atoms with E-state index in [-0.39, 0.29) is 36.1 Å². The van der Waals surface area contributed by atoms with Crippen LogP contribution in [0.1, 0.15) is 37.3 Å². The summed E-state index contributed by atoms with van der Waals surface area (Å²) >= 11 is 1.44. The van der Waals surface area contributed by atoms with Gasteiger partial charge in [0.1, 0.15) is 0 Å². The van der Waals surface area contributed by atoms with Crippen molar-refractivity contribution in [2.75, 3.05) is 32.1 Å². The van der Waals surface area contributed by atoms with Crippen LogP contribution in [0.4, 0.5) is 0 Å². The molecule has 1 saturated heterocycles. The molecule has 6 nitrogen and oxygen atoms in total. The third kappa shape index (κ3) is 5.50. The molecule has 7 heteroatoms. The number of hydrogen-bond acceptors (Lipinski definition) is 6. The minimum atomic E-state index is -0.389. The maximum Gasteiger partial charge on any atom is 0.316 e. The van der Waals surface area contributed by atoms with Gasteiger partial charge in [-0.1, -0.05) is 6.07 Å². The summed E-state index contributed by atoms with van der Waals surface area (Å²) in [5, 5.41) is 0. The Morgan fingerprint density at radius 2 is 1.86 bits per heavy atom. The SMILES string of the molecule is CCOC(=O)C1CCN(C(=O)COC(=O)CSc2ccc3c(c2)CCC3)CC1. The summed E-state index contributed by atoms with van der Waals surface area (Å²) in [7, 11) is 0. The first-order valence-electron chi connectivity index (χ1n) is 9.91. The predicted molar refractivity (Wildman–Crippen MR) is 106 cm³/mol. The van der Waals surface area contributed by atoms with Crippen molar-refractivity contribution >= 4 is 29.6 Å². The number of thioether (sulfide) groups is 1. The molecule has 0 N–H and O–H groups in total. The highest BCUT2D eigenvalue weighted by molar-refractivity contribution is 8.00. The Kier molecular flexibility index (Phi) is 7.36. The lowest BCUT2D eigenvalue weighted by molar-refractivity contribution is -0.153. The van der Waals surface area contributed by atoms with E-state index in [9.17, 15) is 14.4 Å². The Hall–Kier alpha value is -2.02. The zero-order valence-corrected chi connectivity index (χ0v) is 17.1. The zero-order valence-electron chi connectivity index (χ0n) is 16.3.